The monoisotopic (exact) mass is 216 g/mol. The van der Waals surface area contributed by atoms with Crippen LogP contribution in [0.4, 0.5) is 0 Å². The van der Waals surface area contributed by atoms with E-state index in [9.17, 15) is 4.79 Å². The van der Waals surface area contributed by atoms with Gasteiger partial charge < -0.3 is 0 Å². The second-order valence-corrected chi connectivity index (χ2v) is 8.26. The standard InChI is InChI=1S/C8H8OS3/c9-3-5-4-1-6-10-7(2-4)12-8(5)11-6/h4,6-8H,1-2H2. The van der Waals surface area contributed by atoms with Crippen LogP contribution in [0.5, 0.6) is 0 Å². The summed E-state index contributed by atoms with van der Waals surface area (Å²) in [5, 5.41) is 0. The third-order valence-electron chi connectivity index (χ3n) is 2.62. The molecule has 0 spiro atoms. The van der Waals surface area contributed by atoms with Crippen molar-refractivity contribution in [2.75, 3.05) is 0 Å². The van der Waals surface area contributed by atoms with Gasteiger partial charge in [-0.15, -0.1) is 35.3 Å². The van der Waals surface area contributed by atoms with Crippen LogP contribution in [0.15, 0.2) is 5.57 Å². The molecule has 0 aliphatic carbocycles. The Morgan fingerprint density at radius 1 is 1.17 bits per heavy atom. The lowest BCUT2D eigenvalue weighted by molar-refractivity contribution is 0.514. The van der Waals surface area contributed by atoms with Gasteiger partial charge in [0.25, 0.3) is 0 Å². The fourth-order valence-electron chi connectivity index (χ4n) is 2.05. The summed E-state index contributed by atoms with van der Waals surface area (Å²) >= 11 is 6.04. The minimum atomic E-state index is 0.464. The van der Waals surface area contributed by atoms with Crippen molar-refractivity contribution in [2.24, 2.45) is 5.92 Å². The van der Waals surface area contributed by atoms with Crippen molar-refractivity contribution in [3.8, 4) is 0 Å². The first-order valence-corrected chi connectivity index (χ1v) is 6.91. The first kappa shape index (κ1) is 7.86. The molecular formula is C8H8OS3. The van der Waals surface area contributed by atoms with Crippen LogP contribution < -0.4 is 0 Å². The molecule has 0 amide bonds. The Labute approximate surface area is 84.1 Å². The Balaban J connectivity index is 2.00. The van der Waals surface area contributed by atoms with E-state index in [0.29, 0.717) is 10.5 Å². The largest absolute Gasteiger partial charge is 0.233 e. The lowest BCUT2D eigenvalue weighted by Crippen LogP contribution is -2.38. The van der Waals surface area contributed by atoms with Crippen LogP contribution in [0, 0.1) is 5.92 Å². The van der Waals surface area contributed by atoms with E-state index >= 15 is 0 Å². The van der Waals surface area contributed by atoms with Gasteiger partial charge >= 0.3 is 0 Å². The van der Waals surface area contributed by atoms with Gasteiger partial charge in [0.1, 0.15) is 5.94 Å². The maximum Gasteiger partial charge on any atom is 0.125 e. The van der Waals surface area contributed by atoms with Crippen molar-refractivity contribution in [1.29, 1.82) is 0 Å². The maximum absolute atomic E-state index is 10.7. The van der Waals surface area contributed by atoms with Crippen LogP contribution in [0.2, 0.25) is 0 Å². The molecule has 0 aromatic rings. The summed E-state index contributed by atoms with van der Waals surface area (Å²) in [5.41, 5.74) is 1.07. The molecule has 0 saturated carbocycles. The van der Waals surface area contributed by atoms with Gasteiger partial charge in [0.2, 0.25) is 0 Å². The molecule has 4 aliphatic rings. The van der Waals surface area contributed by atoms with Crippen LogP contribution in [0.1, 0.15) is 12.8 Å². The van der Waals surface area contributed by atoms with Crippen molar-refractivity contribution in [3.05, 3.63) is 5.57 Å². The van der Waals surface area contributed by atoms with Gasteiger partial charge in [-0.3, -0.25) is 0 Å². The third-order valence-corrected chi connectivity index (χ3v) is 7.61. The average Bonchev–Trinajstić information content (AvgIpc) is 2.02. The van der Waals surface area contributed by atoms with Crippen molar-refractivity contribution >= 4 is 41.2 Å². The van der Waals surface area contributed by atoms with Crippen molar-refractivity contribution in [3.63, 3.8) is 0 Å². The van der Waals surface area contributed by atoms with Crippen molar-refractivity contribution in [2.45, 2.75) is 26.6 Å². The zero-order valence-electron chi connectivity index (χ0n) is 6.36. The lowest BCUT2D eigenvalue weighted by atomic mass is 9.94. The fraction of sp³-hybridized carbons (Fsp3) is 0.750. The van der Waals surface area contributed by atoms with E-state index in [1.165, 1.54) is 12.8 Å². The van der Waals surface area contributed by atoms with Crippen LogP contribution in [0.25, 0.3) is 0 Å². The first-order chi connectivity index (χ1) is 5.86. The molecule has 1 nitrogen and oxygen atoms in total. The number of hydrogen-bond acceptors (Lipinski definition) is 4. The Kier molecular flexibility index (Phi) is 1.80. The average molecular weight is 216 g/mol. The lowest BCUT2D eigenvalue weighted by Gasteiger charge is -2.48. The van der Waals surface area contributed by atoms with Crippen LogP contribution in [0.3, 0.4) is 0 Å². The van der Waals surface area contributed by atoms with E-state index in [-0.39, 0.29) is 0 Å². The van der Waals surface area contributed by atoms with Gasteiger partial charge in [0, 0.05) is 5.57 Å². The van der Waals surface area contributed by atoms with Crippen LogP contribution in [-0.2, 0) is 4.79 Å². The highest BCUT2D eigenvalue weighted by molar-refractivity contribution is 8.34. The Hall–Kier alpha value is 0.500. The number of thioether (sulfide) groups is 3. The summed E-state index contributed by atoms with van der Waals surface area (Å²) < 4.78 is 2.01. The molecule has 0 N–H and O–H groups in total. The molecule has 0 aromatic heterocycles. The molecule has 4 saturated heterocycles. The Bertz CT molecular complexity index is 239. The van der Waals surface area contributed by atoms with E-state index in [1.807, 2.05) is 23.5 Å². The van der Waals surface area contributed by atoms with Gasteiger partial charge in [-0.1, -0.05) is 0 Å². The molecular weight excluding hydrogens is 208 g/mol. The molecule has 4 aliphatic heterocycles. The minimum Gasteiger partial charge on any atom is -0.233 e. The molecule has 4 fully saturated rings. The molecule has 2 atom stereocenters. The molecule has 0 aromatic carbocycles. The minimum absolute atomic E-state index is 0.464. The zero-order valence-corrected chi connectivity index (χ0v) is 8.81. The van der Waals surface area contributed by atoms with E-state index in [1.54, 1.807) is 0 Å². The van der Waals surface area contributed by atoms with E-state index in [4.69, 9.17) is 0 Å². The summed E-state index contributed by atoms with van der Waals surface area (Å²) in [6.45, 7) is 0. The van der Waals surface area contributed by atoms with E-state index in [0.717, 1.165) is 14.7 Å². The highest BCUT2D eigenvalue weighted by Crippen LogP contribution is 2.63. The van der Waals surface area contributed by atoms with Gasteiger partial charge in [-0.05, 0) is 18.8 Å². The molecule has 12 heavy (non-hydrogen) atoms. The second-order valence-electron chi connectivity index (χ2n) is 3.33. The molecule has 0 radical (unpaired) electrons. The van der Waals surface area contributed by atoms with Gasteiger partial charge in [-0.25, -0.2) is 4.79 Å². The van der Waals surface area contributed by atoms with Crippen molar-refractivity contribution in [1.82, 2.24) is 0 Å². The first-order valence-electron chi connectivity index (χ1n) is 4.08. The number of rotatable bonds is 0. The maximum atomic E-state index is 10.7. The summed E-state index contributed by atoms with van der Waals surface area (Å²) in [6.07, 6.45) is 2.43. The summed E-state index contributed by atoms with van der Waals surface area (Å²) in [6, 6.07) is 0. The molecule has 4 heterocycles. The van der Waals surface area contributed by atoms with E-state index < -0.39 is 0 Å². The predicted molar refractivity (Wildman–Crippen MR) is 56.1 cm³/mol. The zero-order chi connectivity index (χ0) is 8.13. The number of hydrogen-bond donors (Lipinski definition) is 0. The molecule has 2 unspecified atom stereocenters. The summed E-state index contributed by atoms with van der Waals surface area (Å²) in [5.74, 6) is 2.75. The quantitative estimate of drug-likeness (QED) is 0.578. The number of carbonyl (C=O) groups excluding carboxylic acids is 1. The highest BCUT2D eigenvalue weighted by Gasteiger charge is 2.47. The Morgan fingerprint density at radius 2 is 1.83 bits per heavy atom. The van der Waals surface area contributed by atoms with Crippen LogP contribution in [-0.4, -0.2) is 19.7 Å². The van der Waals surface area contributed by atoms with E-state index in [2.05, 4.69) is 17.7 Å². The third kappa shape index (κ3) is 1.02. The summed E-state index contributed by atoms with van der Waals surface area (Å²) in [4.78, 5) is 10.7. The smallest absolute Gasteiger partial charge is 0.125 e. The predicted octanol–water partition coefficient (Wildman–Crippen LogP) is 2.36. The molecule has 4 bridgehead atoms. The summed E-state index contributed by atoms with van der Waals surface area (Å²) in [7, 11) is 0. The molecule has 4 rings (SSSR count). The van der Waals surface area contributed by atoms with Crippen molar-refractivity contribution < 1.29 is 4.79 Å². The topological polar surface area (TPSA) is 17.1 Å². The van der Waals surface area contributed by atoms with Gasteiger partial charge in [-0.2, -0.15) is 0 Å². The van der Waals surface area contributed by atoms with Gasteiger partial charge in [0.05, 0.1) is 13.7 Å². The molecule has 4 heteroatoms. The fourth-order valence-corrected chi connectivity index (χ4v) is 8.77. The highest BCUT2D eigenvalue weighted by atomic mass is 32.3. The Morgan fingerprint density at radius 3 is 2.33 bits per heavy atom. The van der Waals surface area contributed by atoms with Gasteiger partial charge in [0.15, 0.2) is 0 Å². The van der Waals surface area contributed by atoms with Crippen LogP contribution >= 0.6 is 35.3 Å². The normalized spacial score (nSPS) is 49.5. The SMILES string of the molecule is O=C=C1C2CC3SC(C2)SC1S3. The second kappa shape index (κ2) is 2.74. The molecule has 64 valence electrons.